The first-order chi connectivity index (χ1) is 8.72. The highest BCUT2D eigenvalue weighted by atomic mass is 19.2. The molecule has 1 fully saturated rings. The molecule has 18 heavy (non-hydrogen) atoms. The molecule has 0 amide bonds. The Labute approximate surface area is 104 Å². The van der Waals surface area contributed by atoms with E-state index in [-0.39, 0.29) is 17.4 Å². The van der Waals surface area contributed by atoms with Crippen LogP contribution >= 0.6 is 0 Å². The maximum absolute atomic E-state index is 13.6. The number of ether oxygens (including phenoxy) is 1. The second-order valence-corrected chi connectivity index (χ2v) is 4.27. The van der Waals surface area contributed by atoms with Crippen LogP contribution < -0.4 is 5.32 Å². The van der Waals surface area contributed by atoms with Gasteiger partial charge in [-0.1, -0.05) is 0 Å². The highest BCUT2D eigenvalue weighted by molar-refractivity contribution is 5.49. The molecule has 1 aromatic rings. The first-order valence-corrected chi connectivity index (χ1v) is 5.96. The minimum absolute atomic E-state index is 0.0388. The van der Waals surface area contributed by atoms with E-state index in [1.165, 1.54) is 12.1 Å². The van der Waals surface area contributed by atoms with Crippen LogP contribution in [-0.2, 0) is 4.74 Å². The fraction of sp³-hybridized carbons (Fsp3) is 0.462. The van der Waals surface area contributed by atoms with Gasteiger partial charge in [-0.2, -0.15) is 5.26 Å². The van der Waals surface area contributed by atoms with E-state index in [2.05, 4.69) is 5.32 Å². The highest BCUT2D eigenvalue weighted by Crippen LogP contribution is 2.21. The Morgan fingerprint density at radius 3 is 2.83 bits per heavy atom. The van der Waals surface area contributed by atoms with Crippen LogP contribution in [0.25, 0.3) is 0 Å². The zero-order chi connectivity index (χ0) is 13.0. The largest absolute Gasteiger partial charge is 0.380 e. The summed E-state index contributed by atoms with van der Waals surface area (Å²) in [5, 5.41) is 11.4. The van der Waals surface area contributed by atoms with Gasteiger partial charge in [-0.05, 0) is 31.4 Å². The summed E-state index contributed by atoms with van der Waals surface area (Å²) in [5.41, 5.74) is -0.215. The van der Waals surface area contributed by atoms with Gasteiger partial charge in [0.2, 0.25) is 0 Å². The summed E-state index contributed by atoms with van der Waals surface area (Å²) in [4.78, 5) is 0. The summed E-state index contributed by atoms with van der Waals surface area (Å²) in [7, 11) is 0. The molecule has 1 aliphatic rings. The molecular weight excluding hydrogens is 238 g/mol. The van der Waals surface area contributed by atoms with Gasteiger partial charge in [0.05, 0.1) is 17.4 Å². The topological polar surface area (TPSA) is 45.0 Å². The van der Waals surface area contributed by atoms with E-state index in [1.807, 2.05) is 0 Å². The lowest BCUT2D eigenvalue weighted by Crippen LogP contribution is -2.27. The maximum Gasteiger partial charge on any atom is 0.183 e. The van der Waals surface area contributed by atoms with Gasteiger partial charge in [-0.15, -0.1) is 0 Å². The quantitative estimate of drug-likeness (QED) is 0.899. The molecule has 0 saturated carbocycles. The van der Waals surface area contributed by atoms with Gasteiger partial charge in [0.15, 0.2) is 11.6 Å². The van der Waals surface area contributed by atoms with Crippen LogP contribution in [0, 0.1) is 23.0 Å². The van der Waals surface area contributed by atoms with Crippen LogP contribution in [0.3, 0.4) is 0 Å². The van der Waals surface area contributed by atoms with Crippen molar-refractivity contribution in [3.05, 3.63) is 29.3 Å². The molecule has 2 rings (SSSR count). The molecular formula is C13H14F2N2O. The van der Waals surface area contributed by atoms with Gasteiger partial charge in [-0.3, -0.25) is 0 Å². The monoisotopic (exact) mass is 252 g/mol. The molecule has 1 aromatic carbocycles. The van der Waals surface area contributed by atoms with E-state index in [0.717, 1.165) is 25.9 Å². The summed E-state index contributed by atoms with van der Waals surface area (Å²) in [5.74, 6) is -2.11. The van der Waals surface area contributed by atoms with Crippen LogP contribution in [0.1, 0.15) is 24.8 Å². The van der Waals surface area contributed by atoms with Crippen molar-refractivity contribution >= 4 is 5.69 Å². The molecule has 1 N–H and O–H groups in total. The Hall–Kier alpha value is -1.67. The van der Waals surface area contributed by atoms with Crippen LogP contribution in [-0.4, -0.2) is 19.3 Å². The highest BCUT2D eigenvalue weighted by Gasteiger charge is 2.16. The van der Waals surface area contributed by atoms with Crippen LogP contribution in [0.2, 0.25) is 0 Å². The van der Waals surface area contributed by atoms with E-state index in [0.29, 0.717) is 6.54 Å². The maximum atomic E-state index is 13.6. The van der Waals surface area contributed by atoms with Crippen LogP contribution in [0.5, 0.6) is 0 Å². The van der Waals surface area contributed by atoms with Crippen molar-refractivity contribution in [2.75, 3.05) is 18.5 Å². The lowest BCUT2D eigenvalue weighted by atomic mass is 10.1. The fourth-order valence-electron chi connectivity index (χ4n) is 1.96. The smallest absolute Gasteiger partial charge is 0.183 e. The summed E-state index contributed by atoms with van der Waals surface area (Å²) in [6.45, 7) is 1.17. The lowest BCUT2D eigenvalue weighted by molar-refractivity contribution is 0.0247. The number of nitrogens with one attached hydrogen (secondary N) is 1. The van der Waals surface area contributed by atoms with Crippen LogP contribution in [0.15, 0.2) is 12.1 Å². The third-order valence-electron chi connectivity index (χ3n) is 3.00. The van der Waals surface area contributed by atoms with Gasteiger partial charge in [0, 0.05) is 13.2 Å². The Balaban J connectivity index is 2.01. The van der Waals surface area contributed by atoms with Crippen molar-refractivity contribution in [1.29, 1.82) is 5.26 Å². The van der Waals surface area contributed by atoms with E-state index >= 15 is 0 Å². The molecule has 1 atom stereocenters. The van der Waals surface area contributed by atoms with Gasteiger partial charge in [-0.25, -0.2) is 8.78 Å². The van der Waals surface area contributed by atoms with Gasteiger partial charge in [0.25, 0.3) is 0 Å². The molecule has 0 aliphatic carbocycles. The number of rotatable bonds is 3. The molecule has 0 aromatic heterocycles. The van der Waals surface area contributed by atoms with Crippen molar-refractivity contribution in [3.8, 4) is 6.07 Å². The molecule has 3 nitrogen and oxygen atoms in total. The summed E-state index contributed by atoms with van der Waals surface area (Å²) in [6, 6.07) is 4.24. The van der Waals surface area contributed by atoms with Crippen molar-refractivity contribution in [3.63, 3.8) is 0 Å². The summed E-state index contributed by atoms with van der Waals surface area (Å²) in [6.07, 6.45) is 3.11. The first kappa shape index (κ1) is 12.8. The van der Waals surface area contributed by atoms with Gasteiger partial charge >= 0.3 is 0 Å². The van der Waals surface area contributed by atoms with Crippen molar-refractivity contribution < 1.29 is 13.5 Å². The average Bonchev–Trinajstić information content (AvgIpc) is 2.42. The van der Waals surface area contributed by atoms with E-state index in [9.17, 15) is 8.78 Å². The zero-order valence-corrected chi connectivity index (χ0v) is 9.88. The minimum atomic E-state index is -1.10. The number of anilines is 1. The van der Waals surface area contributed by atoms with Crippen molar-refractivity contribution in [2.45, 2.75) is 25.4 Å². The second kappa shape index (κ2) is 5.78. The third-order valence-corrected chi connectivity index (χ3v) is 3.00. The molecule has 1 unspecified atom stereocenters. The molecule has 1 heterocycles. The van der Waals surface area contributed by atoms with E-state index in [4.69, 9.17) is 10.00 Å². The minimum Gasteiger partial charge on any atom is -0.380 e. The average molecular weight is 252 g/mol. The van der Waals surface area contributed by atoms with Crippen LogP contribution in [0.4, 0.5) is 14.5 Å². The predicted molar refractivity (Wildman–Crippen MR) is 63.2 cm³/mol. The zero-order valence-electron chi connectivity index (χ0n) is 9.88. The van der Waals surface area contributed by atoms with Crippen molar-refractivity contribution in [2.24, 2.45) is 0 Å². The normalized spacial score (nSPS) is 19.3. The Morgan fingerprint density at radius 1 is 1.33 bits per heavy atom. The molecule has 1 saturated heterocycles. The molecule has 1 aliphatic heterocycles. The number of hydrogen-bond acceptors (Lipinski definition) is 3. The molecule has 0 bridgehead atoms. The SMILES string of the molecule is N#Cc1ccc(NCC2CCCCO2)c(F)c1F. The fourth-order valence-corrected chi connectivity index (χ4v) is 1.96. The van der Waals surface area contributed by atoms with E-state index < -0.39 is 11.6 Å². The standard InChI is InChI=1S/C13H14F2N2O/c14-12-9(7-16)4-5-11(13(12)15)17-8-10-3-1-2-6-18-10/h4-5,10,17H,1-3,6,8H2. The molecule has 96 valence electrons. The Morgan fingerprint density at radius 2 is 2.17 bits per heavy atom. The summed E-state index contributed by atoms with van der Waals surface area (Å²) < 4.78 is 32.4. The van der Waals surface area contributed by atoms with Gasteiger partial charge in [0.1, 0.15) is 6.07 Å². The number of halogens is 2. The van der Waals surface area contributed by atoms with Gasteiger partial charge < -0.3 is 10.1 Å². The van der Waals surface area contributed by atoms with Crippen molar-refractivity contribution in [1.82, 2.24) is 0 Å². The molecule has 5 heteroatoms. The lowest BCUT2D eigenvalue weighted by Gasteiger charge is -2.23. The molecule has 0 spiro atoms. The number of nitrogens with zero attached hydrogens (tertiary/aromatic N) is 1. The number of hydrogen-bond donors (Lipinski definition) is 1. The Kier molecular flexibility index (Phi) is 4.11. The number of nitriles is 1. The molecule has 0 radical (unpaired) electrons. The second-order valence-electron chi connectivity index (χ2n) is 4.27. The first-order valence-electron chi connectivity index (χ1n) is 5.96. The number of benzene rings is 1. The Bertz CT molecular complexity index is 465. The summed E-state index contributed by atoms with van der Waals surface area (Å²) >= 11 is 0. The van der Waals surface area contributed by atoms with E-state index in [1.54, 1.807) is 6.07 Å². The third kappa shape index (κ3) is 2.77. The predicted octanol–water partition coefficient (Wildman–Crippen LogP) is 2.82.